The zero-order chi connectivity index (χ0) is 14.0. The van der Waals surface area contributed by atoms with Crippen LogP contribution in [0, 0.1) is 5.82 Å². The molecule has 5 heteroatoms. The van der Waals surface area contributed by atoms with Gasteiger partial charge in [-0.1, -0.05) is 12.1 Å². The molecule has 1 aromatic carbocycles. The highest BCUT2D eigenvalue weighted by molar-refractivity contribution is 7.98. The molecule has 3 atom stereocenters. The summed E-state index contributed by atoms with van der Waals surface area (Å²) in [4.78, 5) is 14.1. The first-order valence-electron chi connectivity index (χ1n) is 6.37. The number of amides is 1. The maximum Gasteiger partial charge on any atom is 0.241 e. The fraction of sp³-hybridized carbons (Fsp3) is 0.500. The monoisotopic (exact) mass is 282 g/mol. The van der Waals surface area contributed by atoms with Crippen LogP contribution in [0.15, 0.2) is 24.3 Å². The zero-order valence-corrected chi connectivity index (χ0v) is 12.2. The molecule has 1 heterocycles. The minimum absolute atomic E-state index is 0.107. The van der Waals surface area contributed by atoms with E-state index < -0.39 is 0 Å². The summed E-state index contributed by atoms with van der Waals surface area (Å²) in [6.07, 6.45) is 1.87. The Morgan fingerprint density at radius 2 is 2.05 bits per heavy atom. The fourth-order valence-corrected chi connectivity index (χ4v) is 3.08. The van der Waals surface area contributed by atoms with Crippen LogP contribution in [0.5, 0.6) is 0 Å². The zero-order valence-electron chi connectivity index (χ0n) is 11.4. The number of carbonyl (C=O) groups is 1. The Kier molecular flexibility index (Phi) is 4.47. The van der Waals surface area contributed by atoms with Gasteiger partial charge in [0.05, 0.1) is 6.04 Å². The highest BCUT2D eigenvalue weighted by atomic mass is 32.2. The molecule has 19 heavy (non-hydrogen) atoms. The lowest BCUT2D eigenvalue weighted by Crippen LogP contribution is -2.39. The molecule has 3 nitrogen and oxygen atoms in total. The van der Waals surface area contributed by atoms with E-state index in [2.05, 4.69) is 5.32 Å². The van der Waals surface area contributed by atoms with Crippen LogP contribution in [-0.2, 0) is 4.79 Å². The van der Waals surface area contributed by atoms with E-state index >= 15 is 0 Å². The van der Waals surface area contributed by atoms with Gasteiger partial charge in [0.1, 0.15) is 12.0 Å². The summed E-state index contributed by atoms with van der Waals surface area (Å²) >= 11 is 1.72. The topological polar surface area (TPSA) is 32.3 Å². The number of nitrogens with one attached hydrogen (secondary N) is 1. The molecule has 0 bridgehead atoms. The van der Waals surface area contributed by atoms with E-state index in [4.69, 9.17) is 0 Å². The summed E-state index contributed by atoms with van der Waals surface area (Å²) in [6.45, 7) is 3.91. The lowest BCUT2D eigenvalue weighted by Gasteiger charge is -2.30. The number of thioether (sulfide) groups is 1. The lowest BCUT2D eigenvalue weighted by atomic mass is 10.1. The molecule has 1 fully saturated rings. The summed E-state index contributed by atoms with van der Waals surface area (Å²) < 4.78 is 13.0. The second kappa shape index (κ2) is 5.92. The van der Waals surface area contributed by atoms with Crippen molar-refractivity contribution >= 4 is 17.7 Å². The van der Waals surface area contributed by atoms with E-state index in [0.29, 0.717) is 0 Å². The fourth-order valence-electron chi connectivity index (χ4n) is 2.43. The smallest absolute Gasteiger partial charge is 0.241 e. The van der Waals surface area contributed by atoms with Crippen molar-refractivity contribution in [3.8, 4) is 0 Å². The molecule has 1 saturated heterocycles. The normalized spacial score (nSPS) is 24.8. The number of rotatable bonds is 4. The highest BCUT2D eigenvalue weighted by Crippen LogP contribution is 2.28. The van der Waals surface area contributed by atoms with Crippen molar-refractivity contribution in [2.24, 2.45) is 0 Å². The molecule has 1 N–H and O–H groups in total. The molecular weight excluding hydrogens is 263 g/mol. The molecule has 0 aromatic heterocycles. The van der Waals surface area contributed by atoms with Crippen LogP contribution in [0.1, 0.15) is 25.6 Å². The molecule has 0 radical (unpaired) electrons. The summed E-state index contributed by atoms with van der Waals surface area (Å²) in [7, 11) is 0. The quantitative estimate of drug-likeness (QED) is 0.920. The molecule has 104 valence electrons. The third kappa shape index (κ3) is 2.92. The Labute approximate surface area is 117 Å². The maximum atomic E-state index is 13.0. The van der Waals surface area contributed by atoms with Gasteiger partial charge in [0.25, 0.3) is 0 Å². The number of nitrogens with zero attached hydrogens (tertiary/aromatic N) is 1. The molecule has 0 aliphatic carbocycles. The predicted molar refractivity (Wildman–Crippen MR) is 76.4 cm³/mol. The second-order valence-electron chi connectivity index (χ2n) is 4.89. The van der Waals surface area contributed by atoms with Crippen LogP contribution in [-0.4, -0.2) is 34.9 Å². The summed E-state index contributed by atoms with van der Waals surface area (Å²) in [6, 6.07) is 6.28. The van der Waals surface area contributed by atoms with Gasteiger partial charge in [-0.15, -0.1) is 0 Å². The van der Waals surface area contributed by atoms with Gasteiger partial charge >= 0.3 is 0 Å². The van der Waals surface area contributed by atoms with Gasteiger partial charge < -0.3 is 4.90 Å². The third-order valence-electron chi connectivity index (χ3n) is 3.38. The van der Waals surface area contributed by atoms with Gasteiger partial charge in [-0.2, -0.15) is 11.8 Å². The van der Waals surface area contributed by atoms with Gasteiger partial charge in [0, 0.05) is 11.8 Å². The maximum absolute atomic E-state index is 13.0. The summed E-state index contributed by atoms with van der Waals surface area (Å²) in [5, 5.41) is 3.27. The van der Waals surface area contributed by atoms with E-state index in [1.807, 2.05) is 25.0 Å². The number of hydrogen-bond donors (Lipinski definition) is 1. The molecule has 1 aliphatic rings. The summed E-state index contributed by atoms with van der Waals surface area (Å²) in [5.41, 5.74) is 0.923. The van der Waals surface area contributed by atoms with Gasteiger partial charge in [-0.3, -0.25) is 10.1 Å². The lowest BCUT2D eigenvalue weighted by molar-refractivity contribution is -0.131. The van der Waals surface area contributed by atoms with E-state index in [0.717, 1.165) is 11.3 Å². The SMILES string of the molecule is CSCC(C)N1C(=O)C(C)NC1c1ccc(F)cc1. The molecule has 1 aromatic rings. The van der Waals surface area contributed by atoms with Crippen molar-refractivity contribution in [3.63, 3.8) is 0 Å². The first-order valence-corrected chi connectivity index (χ1v) is 7.76. The predicted octanol–water partition coefficient (Wildman–Crippen LogP) is 2.40. The van der Waals surface area contributed by atoms with Crippen LogP contribution >= 0.6 is 11.8 Å². The average Bonchev–Trinajstić information content (AvgIpc) is 2.67. The molecule has 2 rings (SSSR count). The number of hydrogen-bond acceptors (Lipinski definition) is 3. The van der Waals surface area contributed by atoms with Gasteiger partial charge in [0.15, 0.2) is 0 Å². The van der Waals surface area contributed by atoms with Crippen LogP contribution in [0.4, 0.5) is 4.39 Å². The van der Waals surface area contributed by atoms with Gasteiger partial charge in [-0.05, 0) is 37.8 Å². The Hall–Kier alpha value is -1.07. The number of carbonyl (C=O) groups excluding carboxylic acids is 1. The Bertz CT molecular complexity index is 451. The van der Waals surface area contributed by atoms with Crippen molar-refractivity contribution in [1.29, 1.82) is 0 Å². The third-order valence-corrected chi connectivity index (χ3v) is 4.20. The van der Waals surface area contributed by atoms with Gasteiger partial charge in [-0.25, -0.2) is 4.39 Å². The van der Waals surface area contributed by atoms with E-state index in [1.54, 1.807) is 23.9 Å². The standard InChI is InChI=1S/C14H19FN2OS/c1-9(8-19-3)17-13(16-10(2)14(17)18)11-4-6-12(15)7-5-11/h4-7,9-10,13,16H,8H2,1-3H3. The van der Waals surface area contributed by atoms with E-state index in [9.17, 15) is 9.18 Å². The Morgan fingerprint density at radius 1 is 1.42 bits per heavy atom. The molecule has 3 unspecified atom stereocenters. The molecule has 0 spiro atoms. The first-order chi connectivity index (χ1) is 9.04. The van der Waals surface area contributed by atoms with Crippen molar-refractivity contribution in [3.05, 3.63) is 35.6 Å². The van der Waals surface area contributed by atoms with Crippen LogP contribution < -0.4 is 5.32 Å². The largest absolute Gasteiger partial charge is 0.318 e. The molecule has 0 saturated carbocycles. The van der Waals surface area contributed by atoms with Crippen molar-refractivity contribution in [2.75, 3.05) is 12.0 Å². The minimum atomic E-state index is -0.259. The number of benzene rings is 1. The molecule has 1 aliphatic heterocycles. The summed E-state index contributed by atoms with van der Waals surface area (Å²) in [5.74, 6) is 0.735. The van der Waals surface area contributed by atoms with E-state index in [1.165, 1.54) is 12.1 Å². The van der Waals surface area contributed by atoms with Crippen LogP contribution in [0.2, 0.25) is 0 Å². The van der Waals surface area contributed by atoms with Crippen LogP contribution in [0.3, 0.4) is 0 Å². The first kappa shape index (κ1) is 14.3. The molecule has 1 amide bonds. The Balaban J connectivity index is 2.26. The minimum Gasteiger partial charge on any atom is -0.318 e. The van der Waals surface area contributed by atoms with Crippen molar-refractivity contribution in [1.82, 2.24) is 10.2 Å². The van der Waals surface area contributed by atoms with Gasteiger partial charge in [0.2, 0.25) is 5.91 Å². The average molecular weight is 282 g/mol. The molecular formula is C14H19FN2OS. The second-order valence-corrected chi connectivity index (χ2v) is 5.80. The van der Waals surface area contributed by atoms with Crippen molar-refractivity contribution < 1.29 is 9.18 Å². The van der Waals surface area contributed by atoms with E-state index in [-0.39, 0.29) is 30.0 Å². The highest BCUT2D eigenvalue weighted by Gasteiger charge is 2.39. The van der Waals surface area contributed by atoms with Crippen LogP contribution in [0.25, 0.3) is 0 Å². The van der Waals surface area contributed by atoms with Crippen molar-refractivity contribution in [2.45, 2.75) is 32.1 Å². The Morgan fingerprint density at radius 3 is 2.63 bits per heavy atom. The number of halogens is 1.